The van der Waals surface area contributed by atoms with E-state index in [-0.39, 0.29) is 16.5 Å². The molecule has 2 nitrogen and oxygen atoms in total. The minimum atomic E-state index is -0.771. The van der Waals surface area contributed by atoms with Crippen molar-refractivity contribution >= 4 is 10.8 Å². The van der Waals surface area contributed by atoms with Crippen molar-refractivity contribution in [1.29, 1.82) is 0 Å². The summed E-state index contributed by atoms with van der Waals surface area (Å²) in [6.07, 6.45) is 0.902. The lowest BCUT2D eigenvalue weighted by Crippen LogP contribution is -2.37. The molecule has 0 rings (SSSR count). The molecule has 68 valence electrons. The molecule has 0 aliphatic carbocycles. The van der Waals surface area contributed by atoms with Gasteiger partial charge < -0.3 is 5.73 Å². The Labute approximate surface area is 72.0 Å². The Morgan fingerprint density at radius 3 is 2.09 bits per heavy atom. The molecule has 3 heteroatoms. The van der Waals surface area contributed by atoms with Crippen LogP contribution in [0.5, 0.6) is 0 Å². The monoisotopic (exact) mass is 177 g/mol. The van der Waals surface area contributed by atoms with Crippen LogP contribution in [0.4, 0.5) is 0 Å². The molecule has 0 saturated carbocycles. The van der Waals surface area contributed by atoms with Crippen molar-refractivity contribution in [1.82, 2.24) is 0 Å². The zero-order valence-electron chi connectivity index (χ0n) is 7.83. The van der Waals surface area contributed by atoms with Gasteiger partial charge in [0.2, 0.25) is 0 Å². The predicted octanol–water partition coefficient (Wildman–Crippen LogP) is 1.27. The van der Waals surface area contributed by atoms with Gasteiger partial charge in [-0.1, -0.05) is 20.8 Å². The molecule has 0 bridgehead atoms. The molecule has 0 heterocycles. The van der Waals surface area contributed by atoms with E-state index in [0.717, 1.165) is 6.42 Å². The summed E-state index contributed by atoms with van der Waals surface area (Å²) in [6.45, 7) is 7.92. The van der Waals surface area contributed by atoms with Crippen molar-refractivity contribution in [3.05, 3.63) is 0 Å². The van der Waals surface area contributed by atoms with Crippen molar-refractivity contribution in [2.75, 3.05) is 0 Å². The Balaban J connectivity index is 4.02. The third-order valence-corrected chi connectivity index (χ3v) is 3.92. The fraction of sp³-hybridized carbons (Fsp3) is 1.00. The highest BCUT2D eigenvalue weighted by molar-refractivity contribution is 7.86. The summed E-state index contributed by atoms with van der Waals surface area (Å²) in [5.41, 5.74) is 5.76. The lowest BCUT2D eigenvalue weighted by molar-refractivity contribution is 0.605. The fourth-order valence-corrected chi connectivity index (χ4v) is 2.33. The Hall–Kier alpha value is 0.110. The molecule has 3 unspecified atom stereocenters. The number of rotatable bonds is 4. The average Bonchev–Trinajstić information content (AvgIpc) is 2.00. The van der Waals surface area contributed by atoms with Gasteiger partial charge in [-0.15, -0.1) is 0 Å². The zero-order chi connectivity index (χ0) is 9.02. The van der Waals surface area contributed by atoms with E-state index in [1.807, 2.05) is 27.7 Å². The maximum absolute atomic E-state index is 11.5. The smallest absolute Gasteiger partial charge is 0.0473 e. The molecule has 0 aromatic rings. The van der Waals surface area contributed by atoms with Crippen LogP contribution in [0.1, 0.15) is 34.1 Å². The normalized spacial score (nSPS) is 19.8. The minimum Gasteiger partial charge on any atom is -0.327 e. The van der Waals surface area contributed by atoms with Gasteiger partial charge in [0.05, 0.1) is 0 Å². The first-order valence-electron chi connectivity index (χ1n) is 4.15. The highest BCUT2D eigenvalue weighted by Gasteiger charge is 2.19. The Kier molecular flexibility index (Phi) is 4.93. The van der Waals surface area contributed by atoms with Gasteiger partial charge in [0, 0.05) is 27.3 Å². The summed E-state index contributed by atoms with van der Waals surface area (Å²) in [7, 11) is -0.771. The van der Waals surface area contributed by atoms with Crippen LogP contribution in [-0.4, -0.2) is 20.8 Å². The lowest BCUT2D eigenvalue weighted by atomic mass is 10.2. The first-order valence-corrected chi connectivity index (χ1v) is 5.43. The number of nitrogens with two attached hydrogens (primary N) is 1. The van der Waals surface area contributed by atoms with Gasteiger partial charge >= 0.3 is 0 Å². The molecule has 2 N–H and O–H groups in total. The fourth-order valence-electron chi connectivity index (χ4n) is 0.934. The predicted molar refractivity (Wildman–Crippen MR) is 51.0 cm³/mol. The largest absolute Gasteiger partial charge is 0.327 e. The van der Waals surface area contributed by atoms with E-state index >= 15 is 0 Å². The maximum atomic E-state index is 11.5. The number of hydrogen-bond donors (Lipinski definition) is 1. The van der Waals surface area contributed by atoms with Crippen molar-refractivity contribution in [3.63, 3.8) is 0 Å². The summed E-state index contributed by atoms with van der Waals surface area (Å²) < 4.78 is 11.5. The van der Waals surface area contributed by atoms with Crippen molar-refractivity contribution in [3.8, 4) is 0 Å². The van der Waals surface area contributed by atoms with Crippen LogP contribution in [0, 0.1) is 0 Å². The molecule has 0 aliphatic heterocycles. The summed E-state index contributed by atoms with van der Waals surface area (Å²) in [4.78, 5) is 0. The third kappa shape index (κ3) is 3.34. The number of hydrogen-bond acceptors (Lipinski definition) is 2. The highest BCUT2D eigenvalue weighted by Crippen LogP contribution is 2.08. The Morgan fingerprint density at radius 2 is 1.82 bits per heavy atom. The van der Waals surface area contributed by atoms with E-state index in [0.29, 0.717) is 0 Å². The summed E-state index contributed by atoms with van der Waals surface area (Å²) in [5.74, 6) is 0. The van der Waals surface area contributed by atoms with Gasteiger partial charge in [-0.3, -0.25) is 4.21 Å². The minimum absolute atomic E-state index is 0.0817. The van der Waals surface area contributed by atoms with Crippen LogP contribution in [0.3, 0.4) is 0 Å². The SMILES string of the molecule is CCC(N)C(C)S(=O)C(C)C. The summed E-state index contributed by atoms with van der Waals surface area (Å²) in [5, 5.41) is 0.350. The van der Waals surface area contributed by atoms with Gasteiger partial charge in [-0.05, 0) is 13.3 Å². The van der Waals surface area contributed by atoms with Gasteiger partial charge in [-0.2, -0.15) is 0 Å². The standard InChI is InChI=1S/C8H19NOS/c1-5-8(9)7(4)11(10)6(2)3/h6-8H,5,9H2,1-4H3. The molecular weight excluding hydrogens is 158 g/mol. The second-order valence-corrected chi connectivity index (χ2v) is 5.50. The lowest BCUT2D eigenvalue weighted by Gasteiger charge is -2.19. The van der Waals surface area contributed by atoms with E-state index in [4.69, 9.17) is 5.73 Å². The molecule has 0 saturated heterocycles. The van der Waals surface area contributed by atoms with E-state index in [1.54, 1.807) is 0 Å². The summed E-state index contributed by atoms with van der Waals surface area (Å²) >= 11 is 0. The van der Waals surface area contributed by atoms with E-state index in [9.17, 15) is 4.21 Å². The summed E-state index contributed by atoms with van der Waals surface area (Å²) in [6, 6.07) is 0.0817. The van der Waals surface area contributed by atoms with Gasteiger partial charge in [0.15, 0.2) is 0 Å². The highest BCUT2D eigenvalue weighted by atomic mass is 32.2. The molecule has 0 radical (unpaired) electrons. The van der Waals surface area contributed by atoms with Crippen LogP contribution in [0.2, 0.25) is 0 Å². The zero-order valence-corrected chi connectivity index (χ0v) is 8.65. The van der Waals surface area contributed by atoms with E-state index in [2.05, 4.69) is 0 Å². The van der Waals surface area contributed by atoms with E-state index in [1.165, 1.54) is 0 Å². The van der Waals surface area contributed by atoms with Gasteiger partial charge in [0.1, 0.15) is 0 Å². The third-order valence-electron chi connectivity index (χ3n) is 1.91. The molecule has 0 aromatic carbocycles. The quantitative estimate of drug-likeness (QED) is 0.702. The van der Waals surface area contributed by atoms with Crippen LogP contribution in [0.25, 0.3) is 0 Å². The molecular formula is C8H19NOS. The van der Waals surface area contributed by atoms with Crippen LogP contribution in [-0.2, 0) is 10.8 Å². The van der Waals surface area contributed by atoms with Crippen molar-refractivity contribution < 1.29 is 4.21 Å². The van der Waals surface area contributed by atoms with E-state index < -0.39 is 10.8 Å². The molecule has 0 aromatic heterocycles. The van der Waals surface area contributed by atoms with Crippen molar-refractivity contribution in [2.24, 2.45) is 5.73 Å². The topological polar surface area (TPSA) is 43.1 Å². The Morgan fingerprint density at radius 1 is 1.36 bits per heavy atom. The molecule has 0 amide bonds. The van der Waals surface area contributed by atoms with Crippen LogP contribution >= 0.6 is 0 Å². The average molecular weight is 177 g/mol. The van der Waals surface area contributed by atoms with Gasteiger partial charge in [0.25, 0.3) is 0 Å². The van der Waals surface area contributed by atoms with Crippen molar-refractivity contribution in [2.45, 2.75) is 50.7 Å². The molecule has 3 atom stereocenters. The van der Waals surface area contributed by atoms with Gasteiger partial charge in [-0.25, -0.2) is 0 Å². The van der Waals surface area contributed by atoms with Crippen LogP contribution < -0.4 is 5.73 Å². The molecule has 0 fully saturated rings. The second kappa shape index (κ2) is 4.88. The first-order chi connectivity index (χ1) is 5.00. The maximum Gasteiger partial charge on any atom is 0.0473 e. The molecule has 0 aliphatic rings. The molecule has 11 heavy (non-hydrogen) atoms. The van der Waals surface area contributed by atoms with Crippen LogP contribution in [0.15, 0.2) is 0 Å². The Bertz CT molecular complexity index is 136. The molecule has 0 spiro atoms. The second-order valence-electron chi connectivity index (χ2n) is 3.15. The first kappa shape index (κ1) is 11.1.